The summed E-state index contributed by atoms with van der Waals surface area (Å²) in [5.41, 5.74) is 1.10. The Bertz CT molecular complexity index is 915. The van der Waals surface area contributed by atoms with Crippen LogP contribution in [0.1, 0.15) is 12.8 Å². The monoisotopic (exact) mass is 424 g/mol. The molecule has 1 saturated heterocycles. The van der Waals surface area contributed by atoms with Crippen LogP contribution in [0.4, 0.5) is 11.4 Å². The lowest BCUT2D eigenvalue weighted by Crippen LogP contribution is -2.23. The van der Waals surface area contributed by atoms with Crippen molar-refractivity contribution in [3.8, 4) is 5.75 Å². The normalized spacial score (nSPS) is 14.6. The summed E-state index contributed by atoms with van der Waals surface area (Å²) in [6.07, 6.45) is 1.34. The fourth-order valence-electron chi connectivity index (χ4n) is 2.69. The molecule has 0 aliphatic carbocycles. The topological polar surface area (TPSA) is 75.7 Å². The fourth-order valence-corrected chi connectivity index (χ4v) is 4.45. The van der Waals surface area contributed by atoms with Gasteiger partial charge in [0.05, 0.1) is 22.2 Å². The molecule has 6 nitrogen and oxygen atoms in total. The molecule has 0 bridgehead atoms. The molecule has 0 unspecified atom stereocenters. The standard InChI is InChI=1S/C17H17BrN2O4S/c1-24-16-8-7-14(11-15(16)18)25(22,23)19-12-4-2-5-13(10-12)20-9-3-6-17(20)21/h2,4-5,7-8,10-11,19H,3,6,9H2,1H3. The lowest BCUT2D eigenvalue weighted by atomic mass is 10.2. The number of benzene rings is 2. The van der Waals surface area contributed by atoms with Gasteiger partial charge in [-0.3, -0.25) is 9.52 Å². The first-order valence-corrected chi connectivity index (χ1v) is 9.95. The van der Waals surface area contributed by atoms with Crippen molar-refractivity contribution in [1.82, 2.24) is 0 Å². The summed E-state index contributed by atoms with van der Waals surface area (Å²) in [5, 5.41) is 0. The van der Waals surface area contributed by atoms with Gasteiger partial charge >= 0.3 is 0 Å². The van der Waals surface area contributed by atoms with Crippen LogP contribution in [0.2, 0.25) is 0 Å². The molecule has 1 fully saturated rings. The van der Waals surface area contributed by atoms with E-state index in [1.165, 1.54) is 19.2 Å². The molecule has 1 aliphatic rings. The summed E-state index contributed by atoms with van der Waals surface area (Å²) in [4.78, 5) is 13.6. The van der Waals surface area contributed by atoms with Crippen molar-refractivity contribution < 1.29 is 17.9 Å². The highest BCUT2D eigenvalue weighted by molar-refractivity contribution is 9.10. The number of nitrogens with zero attached hydrogens (tertiary/aromatic N) is 1. The summed E-state index contributed by atoms with van der Waals surface area (Å²) in [7, 11) is -2.24. The first-order valence-electron chi connectivity index (χ1n) is 7.67. The first kappa shape index (κ1) is 17.8. The lowest BCUT2D eigenvalue weighted by molar-refractivity contribution is -0.117. The third-order valence-corrected chi connectivity index (χ3v) is 5.92. The van der Waals surface area contributed by atoms with Crippen LogP contribution in [0.25, 0.3) is 0 Å². The van der Waals surface area contributed by atoms with Gasteiger partial charge in [-0.05, 0) is 58.7 Å². The number of amides is 1. The average molecular weight is 425 g/mol. The van der Waals surface area contributed by atoms with E-state index in [1.807, 2.05) is 0 Å². The van der Waals surface area contributed by atoms with Crippen molar-refractivity contribution in [2.45, 2.75) is 17.7 Å². The van der Waals surface area contributed by atoms with Crippen LogP contribution < -0.4 is 14.4 Å². The maximum absolute atomic E-state index is 12.6. The number of halogens is 1. The Hall–Kier alpha value is -2.06. The van der Waals surface area contributed by atoms with Crippen LogP contribution in [0.5, 0.6) is 5.75 Å². The highest BCUT2D eigenvalue weighted by atomic mass is 79.9. The number of methoxy groups -OCH3 is 1. The van der Waals surface area contributed by atoms with Gasteiger partial charge in [0, 0.05) is 18.7 Å². The number of carbonyl (C=O) groups excluding carboxylic acids is 1. The quantitative estimate of drug-likeness (QED) is 0.797. The molecule has 0 radical (unpaired) electrons. The summed E-state index contributed by atoms with van der Waals surface area (Å²) < 4.78 is 33.4. The van der Waals surface area contributed by atoms with E-state index in [2.05, 4.69) is 20.7 Å². The van der Waals surface area contributed by atoms with Crippen LogP contribution in [0.3, 0.4) is 0 Å². The zero-order valence-corrected chi connectivity index (χ0v) is 15.9. The van der Waals surface area contributed by atoms with Crippen LogP contribution in [-0.2, 0) is 14.8 Å². The van der Waals surface area contributed by atoms with Crippen LogP contribution in [0.15, 0.2) is 51.8 Å². The van der Waals surface area contributed by atoms with Gasteiger partial charge in [0.2, 0.25) is 5.91 Å². The largest absolute Gasteiger partial charge is 0.496 e. The van der Waals surface area contributed by atoms with Crippen LogP contribution in [0, 0.1) is 0 Å². The molecule has 1 amide bonds. The second kappa shape index (κ2) is 7.05. The zero-order valence-electron chi connectivity index (χ0n) is 13.5. The molecule has 2 aromatic rings. The molecule has 1 heterocycles. The minimum Gasteiger partial charge on any atom is -0.496 e. The molecule has 8 heteroatoms. The highest BCUT2D eigenvalue weighted by Gasteiger charge is 2.22. The summed E-state index contributed by atoms with van der Waals surface area (Å²) in [6.45, 7) is 0.653. The number of sulfonamides is 1. The zero-order chi connectivity index (χ0) is 18.0. The van der Waals surface area contributed by atoms with Gasteiger partial charge in [-0.2, -0.15) is 0 Å². The number of carbonyl (C=O) groups is 1. The Balaban J connectivity index is 1.86. The van der Waals surface area contributed by atoms with Gasteiger partial charge < -0.3 is 9.64 Å². The molecule has 0 spiro atoms. The minimum absolute atomic E-state index is 0.0547. The summed E-state index contributed by atoms with van der Waals surface area (Å²) in [5.74, 6) is 0.604. The third kappa shape index (κ3) is 3.80. The van der Waals surface area contributed by atoms with E-state index in [-0.39, 0.29) is 10.8 Å². The predicted octanol–water partition coefficient (Wildman–Crippen LogP) is 3.39. The number of nitrogens with one attached hydrogen (secondary N) is 1. The molecular formula is C17H17BrN2O4S. The van der Waals surface area contributed by atoms with E-state index < -0.39 is 10.0 Å². The van der Waals surface area contributed by atoms with E-state index >= 15 is 0 Å². The number of anilines is 2. The molecule has 1 N–H and O–H groups in total. The number of rotatable bonds is 5. The van der Waals surface area contributed by atoms with Crippen molar-refractivity contribution in [3.63, 3.8) is 0 Å². The van der Waals surface area contributed by atoms with Gasteiger partial charge in [0.25, 0.3) is 10.0 Å². The van der Waals surface area contributed by atoms with E-state index in [9.17, 15) is 13.2 Å². The molecular weight excluding hydrogens is 408 g/mol. The van der Waals surface area contributed by atoms with Crippen molar-refractivity contribution in [1.29, 1.82) is 0 Å². The Morgan fingerprint density at radius 1 is 1.20 bits per heavy atom. The minimum atomic E-state index is -3.75. The smallest absolute Gasteiger partial charge is 0.261 e. The summed E-state index contributed by atoms with van der Waals surface area (Å²) >= 11 is 3.29. The van der Waals surface area contributed by atoms with Crippen LogP contribution >= 0.6 is 15.9 Å². The SMILES string of the molecule is COc1ccc(S(=O)(=O)Nc2cccc(N3CCCC3=O)c2)cc1Br. The van der Waals surface area contributed by atoms with E-state index in [1.54, 1.807) is 35.2 Å². The van der Waals surface area contributed by atoms with Crippen LogP contribution in [-0.4, -0.2) is 28.0 Å². The Morgan fingerprint density at radius 2 is 2.00 bits per heavy atom. The predicted molar refractivity (Wildman–Crippen MR) is 99.5 cm³/mol. The Morgan fingerprint density at radius 3 is 2.64 bits per heavy atom. The summed E-state index contributed by atoms with van der Waals surface area (Å²) in [6, 6.07) is 11.4. The number of hydrogen-bond acceptors (Lipinski definition) is 4. The van der Waals surface area contributed by atoms with E-state index in [4.69, 9.17) is 4.74 Å². The first-order chi connectivity index (χ1) is 11.9. The van der Waals surface area contributed by atoms with Gasteiger partial charge in [-0.25, -0.2) is 8.42 Å². The molecule has 3 rings (SSSR count). The molecule has 0 atom stereocenters. The van der Waals surface area contributed by atoms with Crippen molar-refractivity contribution in [2.75, 3.05) is 23.3 Å². The maximum Gasteiger partial charge on any atom is 0.261 e. The Labute approximate surface area is 155 Å². The number of ether oxygens (including phenoxy) is 1. The van der Waals surface area contributed by atoms with Crippen molar-refractivity contribution in [3.05, 3.63) is 46.9 Å². The molecule has 132 valence electrons. The number of hydrogen-bond donors (Lipinski definition) is 1. The molecule has 0 aromatic heterocycles. The molecule has 25 heavy (non-hydrogen) atoms. The lowest BCUT2D eigenvalue weighted by Gasteiger charge is -2.17. The van der Waals surface area contributed by atoms with E-state index in [0.717, 1.165) is 6.42 Å². The maximum atomic E-state index is 12.6. The van der Waals surface area contributed by atoms with Gasteiger partial charge in [0.15, 0.2) is 0 Å². The third-order valence-electron chi connectivity index (χ3n) is 3.92. The van der Waals surface area contributed by atoms with Gasteiger partial charge in [-0.15, -0.1) is 0 Å². The Kier molecular flexibility index (Phi) is 5.01. The fraction of sp³-hybridized carbons (Fsp3) is 0.235. The molecule has 1 aliphatic heterocycles. The molecule has 2 aromatic carbocycles. The van der Waals surface area contributed by atoms with Gasteiger partial charge in [0.1, 0.15) is 5.75 Å². The van der Waals surface area contributed by atoms with Crippen molar-refractivity contribution >= 4 is 43.2 Å². The second-order valence-electron chi connectivity index (χ2n) is 5.60. The van der Waals surface area contributed by atoms with E-state index in [0.29, 0.717) is 34.6 Å². The van der Waals surface area contributed by atoms with Gasteiger partial charge in [-0.1, -0.05) is 6.07 Å². The average Bonchev–Trinajstić information content (AvgIpc) is 3.00. The highest BCUT2D eigenvalue weighted by Crippen LogP contribution is 2.29. The molecule has 0 saturated carbocycles. The second-order valence-corrected chi connectivity index (χ2v) is 8.14. The van der Waals surface area contributed by atoms with Crippen molar-refractivity contribution in [2.24, 2.45) is 0 Å².